The van der Waals surface area contributed by atoms with E-state index in [1.807, 2.05) is 48.5 Å². The van der Waals surface area contributed by atoms with E-state index in [-0.39, 0.29) is 25.5 Å². The fourth-order valence-electron chi connectivity index (χ4n) is 4.28. The van der Waals surface area contributed by atoms with Gasteiger partial charge < -0.3 is 30.7 Å². The summed E-state index contributed by atoms with van der Waals surface area (Å²) in [5.74, 6) is -0.489. The van der Waals surface area contributed by atoms with Gasteiger partial charge >= 0.3 is 0 Å². The molecule has 0 saturated carbocycles. The average Bonchev–Trinajstić information content (AvgIpc) is 2.99. The van der Waals surface area contributed by atoms with Gasteiger partial charge in [0.2, 0.25) is 11.8 Å². The van der Waals surface area contributed by atoms with Crippen LogP contribution in [0.1, 0.15) is 27.0 Å². The van der Waals surface area contributed by atoms with E-state index in [1.54, 1.807) is 44.5 Å². The van der Waals surface area contributed by atoms with Crippen molar-refractivity contribution in [2.45, 2.75) is 31.5 Å². The van der Waals surface area contributed by atoms with E-state index in [9.17, 15) is 14.4 Å². The Bertz CT molecular complexity index is 1250. The summed E-state index contributed by atoms with van der Waals surface area (Å²) in [6.45, 7) is 0.648. The van der Waals surface area contributed by atoms with E-state index in [0.717, 1.165) is 16.7 Å². The summed E-state index contributed by atoms with van der Waals surface area (Å²) >= 11 is 0. The maximum Gasteiger partial charge on any atom is 0.252 e. The van der Waals surface area contributed by atoms with Gasteiger partial charge in [0.25, 0.3) is 5.91 Å². The maximum absolute atomic E-state index is 13.8. The number of nitrogens with zero attached hydrogens (tertiary/aromatic N) is 1. The number of likely N-dealkylation sites (N-methyl/N-ethyl adjacent to an activating group) is 2. The zero-order valence-corrected chi connectivity index (χ0v) is 23.3. The van der Waals surface area contributed by atoms with Crippen LogP contribution in [0.4, 0.5) is 0 Å². The molecule has 0 aliphatic carbocycles. The van der Waals surface area contributed by atoms with Crippen LogP contribution in [-0.4, -0.2) is 69.1 Å². The Morgan fingerprint density at radius 2 is 1.62 bits per heavy atom. The number of hydrogen-bond donors (Lipinski definition) is 3. The fourth-order valence-corrected chi connectivity index (χ4v) is 4.28. The lowest BCUT2D eigenvalue weighted by atomic mass is 10.0. The monoisotopic (exact) mass is 546 g/mol. The minimum atomic E-state index is -1.03. The second-order valence-electron chi connectivity index (χ2n) is 9.40. The largest absolute Gasteiger partial charge is 0.497 e. The van der Waals surface area contributed by atoms with Crippen LogP contribution < -0.4 is 21.1 Å². The highest BCUT2D eigenvalue weighted by molar-refractivity contribution is 5.98. The molecule has 9 nitrogen and oxygen atoms in total. The van der Waals surface area contributed by atoms with Crippen molar-refractivity contribution in [3.8, 4) is 5.75 Å². The van der Waals surface area contributed by atoms with Gasteiger partial charge in [-0.25, -0.2) is 0 Å². The van der Waals surface area contributed by atoms with Crippen molar-refractivity contribution in [2.75, 3.05) is 34.4 Å². The molecular weight excluding hydrogens is 508 g/mol. The first-order chi connectivity index (χ1) is 19.4. The van der Waals surface area contributed by atoms with Gasteiger partial charge in [0, 0.05) is 26.1 Å². The summed E-state index contributed by atoms with van der Waals surface area (Å²) in [6, 6.07) is 22.1. The molecule has 0 aromatic heterocycles. The van der Waals surface area contributed by atoms with Gasteiger partial charge in [0.1, 0.15) is 17.8 Å². The topological polar surface area (TPSA) is 123 Å². The van der Waals surface area contributed by atoms with Crippen LogP contribution in [0.25, 0.3) is 0 Å². The van der Waals surface area contributed by atoms with E-state index in [4.69, 9.17) is 15.2 Å². The zero-order valence-electron chi connectivity index (χ0n) is 23.3. The Balaban J connectivity index is 1.81. The maximum atomic E-state index is 13.8. The van der Waals surface area contributed by atoms with Crippen molar-refractivity contribution in [1.82, 2.24) is 15.5 Å². The minimum Gasteiger partial charge on any atom is -0.497 e. The molecule has 0 spiro atoms. The van der Waals surface area contributed by atoms with Crippen molar-refractivity contribution < 1.29 is 23.9 Å². The van der Waals surface area contributed by atoms with Crippen LogP contribution in [0.15, 0.2) is 78.9 Å². The second kappa shape index (κ2) is 15.4. The fraction of sp³-hybridized carbons (Fsp3) is 0.323. The molecule has 0 radical (unpaired) electrons. The molecule has 212 valence electrons. The summed E-state index contributed by atoms with van der Waals surface area (Å²) in [6.07, 6.45) is 0.907. The minimum absolute atomic E-state index is 0.0741. The third kappa shape index (κ3) is 8.65. The lowest BCUT2D eigenvalue weighted by Crippen LogP contribution is -2.56. The second-order valence-corrected chi connectivity index (χ2v) is 9.40. The van der Waals surface area contributed by atoms with Crippen molar-refractivity contribution >= 4 is 17.7 Å². The van der Waals surface area contributed by atoms with E-state index < -0.39 is 23.9 Å². The molecule has 0 saturated heterocycles. The first-order valence-corrected chi connectivity index (χ1v) is 13.2. The number of amides is 3. The molecule has 0 bridgehead atoms. The van der Waals surface area contributed by atoms with Crippen LogP contribution >= 0.6 is 0 Å². The molecule has 40 heavy (non-hydrogen) atoms. The van der Waals surface area contributed by atoms with E-state index in [2.05, 4.69) is 10.6 Å². The summed E-state index contributed by atoms with van der Waals surface area (Å²) in [5.41, 5.74) is 8.80. The third-order valence-electron chi connectivity index (χ3n) is 6.57. The molecule has 4 N–H and O–H groups in total. The van der Waals surface area contributed by atoms with Gasteiger partial charge in [-0.05, 0) is 53.9 Å². The molecule has 0 heterocycles. The number of hydrogen-bond acceptors (Lipinski definition) is 6. The Labute approximate surface area is 235 Å². The van der Waals surface area contributed by atoms with E-state index in [1.165, 1.54) is 11.9 Å². The SMILES string of the molecule is CNC(=O)C(Cc1ccc(OC)cc1)N(C)C(=O)C(COCc1ccccc1)NC(=O)c1cccc(CCN)c1. The zero-order chi connectivity index (χ0) is 28.9. The number of nitrogens with two attached hydrogens (primary N) is 1. The first kappa shape index (κ1) is 30.3. The van der Waals surface area contributed by atoms with Gasteiger partial charge in [-0.15, -0.1) is 0 Å². The summed E-state index contributed by atoms with van der Waals surface area (Å²) in [4.78, 5) is 41.3. The standard InChI is InChI=1S/C31H38N4O5/c1-33-30(37)28(19-23-12-14-26(39-3)15-13-23)35(2)31(38)27(21-40-20-24-8-5-4-6-9-24)34-29(36)25-11-7-10-22(18-25)16-17-32/h4-15,18,27-28H,16-17,19-21,32H2,1-3H3,(H,33,37)(H,34,36). The predicted octanol–water partition coefficient (Wildman–Crippen LogP) is 2.33. The number of methoxy groups -OCH3 is 1. The number of benzene rings is 3. The van der Waals surface area contributed by atoms with Gasteiger partial charge in [0.15, 0.2) is 0 Å². The average molecular weight is 547 g/mol. The van der Waals surface area contributed by atoms with E-state index in [0.29, 0.717) is 24.3 Å². The number of carbonyl (C=O) groups is 3. The van der Waals surface area contributed by atoms with Gasteiger partial charge in [-0.2, -0.15) is 0 Å². The molecule has 2 unspecified atom stereocenters. The predicted molar refractivity (Wildman–Crippen MR) is 154 cm³/mol. The molecule has 3 aromatic rings. The highest BCUT2D eigenvalue weighted by atomic mass is 16.5. The number of ether oxygens (including phenoxy) is 2. The molecule has 3 aromatic carbocycles. The Hall–Kier alpha value is -4.21. The summed E-state index contributed by atoms with van der Waals surface area (Å²) in [7, 11) is 4.67. The van der Waals surface area contributed by atoms with Crippen LogP contribution in [0.3, 0.4) is 0 Å². The summed E-state index contributed by atoms with van der Waals surface area (Å²) in [5, 5.41) is 5.47. The smallest absolute Gasteiger partial charge is 0.252 e. The quantitative estimate of drug-likeness (QED) is 0.285. The van der Waals surface area contributed by atoms with E-state index >= 15 is 0 Å². The Kier molecular flexibility index (Phi) is 11.7. The third-order valence-corrected chi connectivity index (χ3v) is 6.57. The summed E-state index contributed by atoms with van der Waals surface area (Å²) < 4.78 is 11.1. The first-order valence-electron chi connectivity index (χ1n) is 13.2. The van der Waals surface area contributed by atoms with Crippen LogP contribution in [-0.2, 0) is 33.8 Å². The lowest BCUT2D eigenvalue weighted by Gasteiger charge is -2.30. The highest BCUT2D eigenvalue weighted by Gasteiger charge is 2.32. The Morgan fingerprint density at radius 1 is 0.925 bits per heavy atom. The molecule has 0 fully saturated rings. The molecule has 3 amide bonds. The molecule has 3 rings (SSSR count). The van der Waals surface area contributed by atoms with Crippen LogP contribution in [0, 0.1) is 0 Å². The van der Waals surface area contributed by atoms with Gasteiger partial charge in [-0.1, -0.05) is 54.6 Å². The van der Waals surface area contributed by atoms with Gasteiger partial charge in [0.05, 0.1) is 20.3 Å². The lowest BCUT2D eigenvalue weighted by molar-refractivity contribution is -0.141. The van der Waals surface area contributed by atoms with Crippen LogP contribution in [0.2, 0.25) is 0 Å². The molecule has 0 aliphatic heterocycles. The number of rotatable bonds is 14. The number of nitrogens with one attached hydrogen (secondary N) is 2. The Morgan fingerprint density at radius 3 is 2.27 bits per heavy atom. The van der Waals surface area contributed by atoms with Crippen molar-refractivity contribution in [3.63, 3.8) is 0 Å². The van der Waals surface area contributed by atoms with Crippen molar-refractivity contribution in [3.05, 3.63) is 101 Å². The molecular formula is C31H38N4O5. The number of carbonyl (C=O) groups excluding carboxylic acids is 3. The van der Waals surface area contributed by atoms with Gasteiger partial charge in [-0.3, -0.25) is 14.4 Å². The molecule has 9 heteroatoms. The highest BCUT2D eigenvalue weighted by Crippen LogP contribution is 2.16. The van der Waals surface area contributed by atoms with Crippen molar-refractivity contribution in [2.24, 2.45) is 5.73 Å². The molecule has 0 aliphatic rings. The van der Waals surface area contributed by atoms with Crippen molar-refractivity contribution in [1.29, 1.82) is 0 Å². The van der Waals surface area contributed by atoms with Crippen LogP contribution in [0.5, 0.6) is 5.75 Å². The molecule has 2 atom stereocenters. The normalized spacial score (nSPS) is 12.2.